The fourth-order valence-corrected chi connectivity index (χ4v) is 3.18. The third-order valence-electron chi connectivity index (χ3n) is 3.84. The highest BCUT2D eigenvalue weighted by atomic mass is 35.5. The van der Waals surface area contributed by atoms with Crippen molar-refractivity contribution in [2.24, 2.45) is 0 Å². The molecule has 1 aliphatic heterocycles. The lowest BCUT2D eigenvalue weighted by Gasteiger charge is -2.23. The second kappa shape index (κ2) is 5.11. The van der Waals surface area contributed by atoms with Crippen LogP contribution >= 0.6 is 11.6 Å². The van der Waals surface area contributed by atoms with Gasteiger partial charge in [-0.05, 0) is 32.9 Å². The van der Waals surface area contributed by atoms with Crippen molar-refractivity contribution in [3.63, 3.8) is 0 Å². The minimum absolute atomic E-state index is 0.0397. The normalized spacial score (nSPS) is 17.2. The third-order valence-corrected chi connectivity index (χ3v) is 4.12. The lowest BCUT2D eigenvalue weighted by atomic mass is 9.98. The molecule has 1 aliphatic rings. The van der Waals surface area contributed by atoms with Gasteiger partial charge in [-0.1, -0.05) is 17.7 Å². The van der Waals surface area contributed by atoms with Crippen molar-refractivity contribution in [3.8, 4) is 11.1 Å². The fraction of sp³-hybridized carbons (Fsp3) is 0.312. The average molecular weight is 302 g/mol. The van der Waals surface area contributed by atoms with Crippen LogP contribution in [0.3, 0.4) is 0 Å². The van der Waals surface area contributed by atoms with E-state index in [1.165, 1.54) is 0 Å². The SMILES string of the molecule is CCN1C(=O)[C@@H](C)c2ncccc2-c2c1cc(C)nc2Cl. The molecule has 0 saturated heterocycles. The van der Waals surface area contributed by atoms with Gasteiger partial charge >= 0.3 is 0 Å². The quantitative estimate of drug-likeness (QED) is 0.756. The number of amides is 1. The van der Waals surface area contributed by atoms with Crippen molar-refractivity contribution in [2.75, 3.05) is 11.4 Å². The van der Waals surface area contributed by atoms with E-state index in [1.54, 1.807) is 11.1 Å². The maximum Gasteiger partial charge on any atom is 0.235 e. The van der Waals surface area contributed by atoms with Gasteiger partial charge in [0.05, 0.1) is 17.3 Å². The molecule has 0 saturated carbocycles. The second-order valence-corrected chi connectivity index (χ2v) is 5.55. The Morgan fingerprint density at radius 3 is 2.90 bits per heavy atom. The van der Waals surface area contributed by atoms with Crippen LogP contribution in [0.25, 0.3) is 11.1 Å². The number of fused-ring (bicyclic) bond motifs is 3. The molecular formula is C16H16ClN3O. The zero-order chi connectivity index (χ0) is 15.1. The number of pyridine rings is 2. The van der Waals surface area contributed by atoms with Crippen molar-refractivity contribution >= 4 is 23.2 Å². The van der Waals surface area contributed by atoms with Crippen LogP contribution in [0.15, 0.2) is 24.4 Å². The van der Waals surface area contributed by atoms with Crippen molar-refractivity contribution in [1.82, 2.24) is 9.97 Å². The molecule has 1 atom stereocenters. The molecule has 5 heteroatoms. The first kappa shape index (κ1) is 14.0. The molecule has 108 valence electrons. The van der Waals surface area contributed by atoms with Gasteiger partial charge in [0.25, 0.3) is 0 Å². The molecule has 2 aromatic heterocycles. The van der Waals surface area contributed by atoms with E-state index >= 15 is 0 Å². The van der Waals surface area contributed by atoms with Crippen molar-refractivity contribution in [2.45, 2.75) is 26.7 Å². The maximum absolute atomic E-state index is 12.7. The van der Waals surface area contributed by atoms with Gasteiger partial charge < -0.3 is 4.90 Å². The van der Waals surface area contributed by atoms with Gasteiger partial charge in [0, 0.05) is 29.6 Å². The molecule has 0 aliphatic carbocycles. The number of nitrogens with zero attached hydrogens (tertiary/aromatic N) is 3. The molecule has 0 spiro atoms. The first-order valence-electron chi connectivity index (χ1n) is 6.98. The summed E-state index contributed by atoms with van der Waals surface area (Å²) < 4.78 is 0. The minimum Gasteiger partial charge on any atom is -0.311 e. The number of carbonyl (C=O) groups is 1. The van der Waals surface area contributed by atoms with E-state index in [0.29, 0.717) is 11.7 Å². The van der Waals surface area contributed by atoms with Crippen LogP contribution in [0.5, 0.6) is 0 Å². The van der Waals surface area contributed by atoms with E-state index in [9.17, 15) is 4.79 Å². The number of aryl methyl sites for hydroxylation is 1. The average Bonchev–Trinajstić information content (AvgIpc) is 2.54. The lowest BCUT2D eigenvalue weighted by molar-refractivity contribution is -0.119. The summed E-state index contributed by atoms with van der Waals surface area (Å²) in [6.07, 6.45) is 1.71. The van der Waals surface area contributed by atoms with Crippen LogP contribution in [-0.4, -0.2) is 22.4 Å². The van der Waals surface area contributed by atoms with E-state index in [-0.39, 0.29) is 11.8 Å². The van der Waals surface area contributed by atoms with Crippen LogP contribution in [0.1, 0.15) is 31.2 Å². The molecule has 0 bridgehead atoms. The van der Waals surface area contributed by atoms with Gasteiger partial charge in [0.15, 0.2) is 0 Å². The van der Waals surface area contributed by atoms with Crippen molar-refractivity contribution in [3.05, 3.63) is 40.9 Å². The Morgan fingerprint density at radius 1 is 1.43 bits per heavy atom. The van der Waals surface area contributed by atoms with E-state index < -0.39 is 0 Å². The summed E-state index contributed by atoms with van der Waals surface area (Å²) in [4.78, 5) is 23.3. The Kier molecular flexibility index (Phi) is 3.41. The summed E-state index contributed by atoms with van der Waals surface area (Å²) in [5.41, 5.74) is 4.06. The summed E-state index contributed by atoms with van der Waals surface area (Å²) in [7, 11) is 0. The highest BCUT2D eigenvalue weighted by molar-refractivity contribution is 6.33. The second-order valence-electron chi connectivity index (χ2n) is 5.19. The number of carbonyl (C=O) groups excluding carboxylic acids is 1. The molecule has 3 heterocycles. The van der Waals surface area contributed by atoms with Crippen LogP contribution < -0.4 is 4.90 Å². The van der Waals surface area contributed by atoms with E-state index in [2.05, 4.69) is 9.97 Å². The number of halogens is 1. The molecule has 0 unspecified atom stereocenters. The standard InChI is InChI=1S/C16H16ClN3O/c1-4-20-12-8-9(2)19-15(17)13(12)11-6-5-7-18-14(11)10(3)16(20)21/h5-8,10H,4H2,1-3H3/t10-/m0/s1. The van der Waals surface area contributed by atoms with Crippen LogP contribution in [0.4, 0.5) is 5.69 Å². The van der Waals surface area contributed by atoms with Crippen LogP contribution in [0.2, 0.25) is 5.15 Å². The molecule has 0 N–H and O–H groups in total. The van der Waals surface area contributed by atoms with Crippen LogP contribution in [-0.2, 0) is 4.79 Å². The fourth-order valence-electron chi connectivity index (χ4n) is 2.85. The van der Waals surface area contributed by atoms with Gasteiger partial charge in [0.2, 0.25) is 5.91 Å². The largest absolute Gasteiger partial charge is 0.311 e. The molecule has 21 heavy (non-hydrogen) atoms. The first-order chi connectivity index (χ1) is 10.0. The smallest absolute Gasteiger partial charge is 0.235 e. The number of hydrogen-bond donors (Lipinski definition) is 0. The topological polar surface area (TPSA) is 46.1 Å². The lowest BCUT2D eigenvalue weighted by Crippen LogP contribution is -2.33. The predicted octanol–water partition coefficient (Wildman–Crippen LogP) is 3.58. The molecule has 1 amide bonds. The predicted molar refractivity (Wildman–Crippen MR) is 83.7 cm³/mol. The zero-order valence-electron chi connectivity index (χ0n) is 12.2. The maximum atomic E-state index is 12.7. The Morgan fingerprint density at radius 2 is 2.19 bits per heavy atom. The summed E-state index contributed by atoms with van der Waals surface area (Å²) in [5, 5.41) is 0.416. The molecule has 3 rings (SSSR count). The summed E-state index contributed by atoms with van der Waals surface area (Å²) >= 11 is 6.39. The van der Waals surface area contributed by atoms with Gasteiger partial charge in [-0.25, -0.2) is 4.98 Å². The van der Waals surface area contributed by atoms with Crippen molar-refractivity contribution in [1.29, 1.82) is 0 Å². The van der Waals surface area contributed by atoms with Gasteiger partial charge in [-0.15, -0.1) is 0 Å². The molecule has 2 aromatic rings. The third kappa shape index (κ3) is 2.10. The van der Waals surface area contributed by atoms with E-state index in [4.69, 9.17) is 11.6 Å². The first-order valence-corrected chi connectivity index (χ1v) is 7.36. The number of hydrogen-bond acceptors (Lipinski definition) is 3. The van der Waals surface area contributed by atoms with Gasteiger partial charge in [-0.2, -0.15) is 0 Å². The number of likely N-dealkylation sites (N-methyl/N-ethyl adjacent to an activating group) is 1. The van der Waals surface area contributed by atoms with Gasteiger partial charge in [-0.3, -0.25) is 9.78 Å². The molecular weight excluding hydrogens is 286 g/mol. The van der Waals surface area contributed by atoms with E-state index in [0.717, 1.165) is 28.2 Å². The Hall–Kier alpha value is -1.94. The number of rotatable bonds is 1. The number of anilines is 1. The highest BCUT2D eigenvalue weighted by Crippen LogP contribution is 2.43. The molecule has 0 aromatic carbocycles. The van der Waals surface area contributed by atoms with Crippen molar-refractivity contribution < 1.29 is 4.79 Å². The Bertz CT molecular complexity index is 729. The Balaban J connectivity index is 2.41. The Labute approximate surface area is 128 Å². The van der Waals surface area contributed by atoms with E-state index in [1.807, 2.05) is 39.0 Å². The summed E-state index contributed by atoms with van der Waals surface area (Å²) in [5.74, 6) is -0.261. The molecule has 4 nitrogen and oxygen atoms in total. The zero-order valence-corrected chi connectivity index (χ0v) is 13.0. The monoisotopic (exact) mass is 301 g/mol. The summed E-state index contributed by atoms with van der Waals surface area (Å²) in [6.45, 7) is 6.31. The minimum atomic E-state index is -0.301. The number of aromatic nitrogens is 2. The molecule has 0 radical (unpaired) electrons. The van der Waals surface area contributed by atoms with Crippen LogP contribution in [0, 0.1) is 6.92 Å². The van der Waals surface area contributed by atoms with Gasteiger partial charge in [0.1, 0.15) is 5.15 Å². The highest BCUT2D eigenvalue weighted by Gasteiger charge is 2.33. The molecule has 0 fully saturated rings. The summed E-state index contributed by atoms with van der Waals surface area (Å²) in [6, 6.07) is 5.72.